The van der Waals surface area contributed by atoms with Gasteiger partial charge in [0.15, 0.2) is 0 Å². The smallest absolute Gasteiger partial charge is 0.128 e. The third-order valence-electron chi connectivity index (χ3n) is 3.17. The van der Waals surface area contributed by atoms with Gasteiger partial charge in [-0.15, -0.1) is 0 Å². The molecule has 0 saturated heterocycles. The number of nitrogens with two attached hydrogens (primary N) is 1. The van der Waals surface area contributed by atoms with Crippen molar-refractivity contribution in [2.24, 2.45) is 5.73 Å². The molecule has 0 amide bonds. The highest BCUT2D eigenvalue weighted by Gasteiger charge is 2.21. The van der Waals surface area contributed by atoms with E-state index in [1.54, 1.807) is 18.2 Å². The third-order valence-corrected chi connectivity index (χ3v) is 3.17. The van der Waals surface area contributed by atoms with Crippen LogP contribution in [0.1, 0.15) is 34.3 Å². The molecule has 2 N–H and O–H groups in total. The summed E-state index contributed by atoms with van der Waals surface area (Å²) in [6.45, 7) is 5.69. The van der Waals surface area contributed by atoms with Gasteiger partial charge in [-0.05, 0) is 32.4 Å². The average Bonchev–Trinajstić information content (AvgIpc) is 2.53. The van der Waals surface area contributed by atoms with E-state index in [0.29, 0.717) is 5.56 Å². The van der Waals surface area contributed by atoms with Crippen LogP contribution in [0, 0.1) is 26.6 Å². The number of furan rings is 1. The Kier molecular flexibility index (Phi) is 3.03. The number of benzene rings is 1. The van der Waals surface area contributed by atoms with Crippen molar-refractivity contribution in [1.29, 1.82) is 0 Å². The second-order valence-corrected chi connectivity index (χ2v) is 4.25. The lowest BCUT2D eigenvalue weighted by molar-refractivity contribution is 0.497. The van der Waals surface area contributed by atoms with Gasteiger partial charge in [0, 0.05) is 11.1 Å². The minimum atomic E-state index is -0.478. The van der Waals surface area contributed by atoms with Gasteiger partial charge < -0.3 is 10.2 Å². The van der Waals surface area contributed by atoms with E-state index in [-0.39, 0.29) is 5.82 Å². The maximum absolute atomic E-state index is 13.7. The topological polar surface area (TPSA) is 39.2 Å². The van der Waals surface area contributed by atoms with Gasteiger partial charge in [0.2, 0.25) is 0 Å². The molecule has 90 valence electrons. The second kappa shape index (κ2) is 4.34. The fraction of sp³-hybridized carbons (Fsp3) is 0.286. The van der Waals surface area contributed by atoms with E-state index in [4.69, 9.17) is 10.2 Å². The van der Waals surface area contributed by atoms with E-state index >= 15 is 0 Å². The molecule has 1 unspecified atom stereocenters. The van der Waals surface area contributed by atoms with Crippen LogP contribution in [0.4, 0.5) is 4.39 Å². The fourth-order valence-corrected chi connectivity index (χ4v) is 2.15. The van der Waals surface area contributed by atoms with E-state index in [0.717, 1.165) is 22.6 Å². The van der Waals surface area contributed by atoms with Gasteiger partial charge in [-0.3, -0.25) is 0 Å². The molecule has 1 aromatic carbocycles. The molecule has 0 aliphatic carbocycles. The normalized spacial score (nSPS) is 12.8. The van der Waals surface area contributed by atoms with E-state index in [1.165, 1.54) is 6.07 Å². The van der Waals surface area contributed by atoms with Crippen LogP contribution in [-0.2, 0) is 0 Å². The van der Waals surface area contributed by atoms with Crippen LogP contribution in [0.5, 0.6) is 0 Å². The summed E-state index contributed by atoms with van der Waals surface area (Å²) in [4.78, 5) is 0. The first-order valence-electron chi connectivity index (χ1n) is 5.59. The minimum absolute atomic E-state index is 0.280. The molecular formula is C14H16FNO. The largest absolute Gasteiger partial charge is 0.466 e. The zero-order chi connectivity index (χ0) is 12.6. The van der Waals surface area contributed by atoms with E-state index in [9.17, 15) is 4.39 Å². The van der Waals surface area contributed by atoms with E-state index < -0.39 is 6.04 Å². The van der Waals surface area contributed by atoms with Crippen LogP contribution < -0.4 is 5.73 Å². The van der Waals surface area contributed by atoms with Gasteiger partial charge >= 0.3 is 0 Å². The van der Waals surface area contributed by atoms with Gasteiger partial charge in [0.1, 0.15) is 17.3 Å². The van der Waals surface area contributed by atoms with Crippen molar-refractivity contribution in [2.45, 2.75) is 26.8 Å². The van der Waals surface area contributed by atoms with Gasteiger partial charge in [-0.25, -0.2) is 4.39 Å². The predicted octanol–water partition coefficient (Wildman–Crippen LogP) is 3.39. The van der Waals surface area contributed by atoms with Crippen molar-refractivity contribution in [3.63, 3.8) is 0 Å². The van der Waals surface area contributed by atoms with Gasteiger partial charge in [0.25, 0.3) is 0 Å². The van der Waals surface area contributed by atoms with Crippen LogP contribution >= 0.6 is 0 Å². The molecule has 3 heteroatoms. The molecule has 0 radical (unpaired) electrons. The van der Waals surface area contributed by atoms with Crippen LogP contribution in [0.3, 0.4) is 0 Å². The fourth-order valence-electron chi connectivity index (χ4n) is 2.15. The first kappa shape index (κ1) is 11.9. The zero-order valence-corrected chi connectivity index (χ0v) is 10.3. The third kappa shape index (κ3) is 1.98. The van der Waals surface area contributed by atoms with E-state index in [2.05, 4.69) is 0 Å². The Balaban J connectivity index is 2.51. The molecular weight excluding hydrogens is 217 g/mol. The zero-order valence-electron chi connectivity index (χ0n) is 10.3. The molecule has 0 aliphatic rings. The summed E-state index contributed by atoms with van der Waals surface area (Å²) in [5.41, 5.74) is 8.51. The molecule has 2 nitrogen and oxygen atoms in total. The Labute approximate surface area is 100 Å². The molecule has 2 rings (SSSR count). The average molecular weight is 233 g/mol. The second-order valence-electron chi connectivity index (χ2n) is 4.25. The maximum atomic E-state index is 13.7. The summed E-state index contributed by atoms with van der Waals surface area (Å²) in [7, 11) is 0. The lowest BCUT2D eigenvalue weighted by atomic mass is 9.96. The number of hydrogen-bond donors (Lipinski definition) is 1. The van der Waals surface area contributed by atoms with E-state index in [1.807, 2.05) is 20.8 Å². The van der Waals surface area contributed by atoms with Crippen molar-refractivity contribution < 1.29 is 8.81 Å². The van der Waals surface area contributed by atoms with Crippen LogP contribution in [0.2, 0.25) is 0 Å². The highest BCUT2D eigenvalue weighted by Crippen LogP contribution is 2.30. The molecule has 0 bridgehead atoms. The maximum Gasteiger partial charge on any atom is 0.128 e. The first-order chi connectivity index (χ1) is 8.02. The summed E-state index contributed by atoms with van der Waals surface area (Å²) in [6, 6.07) is 6.10. The Hall–Kier alpha value is -1.61. The monoisotopic (exact) mass is 233 g/mol. The highest BCUT2D eigenvalue weighted by molar-refractivity contribution is 5.40. The van der Waals surface area contributed by atoms with Gasteiger partial charge in [-0.1, -0.05) is 18.2 Å². The summed E-state index contributed by atoms with van der Waals surface area (Å²) >= 11 is 0. The molecule has 1 aromatic heterocycles. The highest BCUT2D eigenvalue weighted by atomic mass is 19.1. The Morgan fingerprint density at radius 1 is 1.12 bits per heavy atom. The van der Waals surface area contributed by atoms with Gasteiger partial charge in [-0.2, -0.15) is 0 Å². The minimum Gasteiger partial charge on any atom is -0.466 e. The number of rotatable bonds is 2. The Bertz CT molecular complexity index is 545. The molecule has 0 saturated carbocycles. The van der Waals surface area contributed by atoms with Crippen molar-refractivity contribution in [1.82, 2.24) is 0 Å². The van der Waals surface area contributed by atoms with Crippen LogP contribution in [0.25, 0.3) is 0 Å². The molecule has 1 heterocycles. The van der Waals surface area contributed by atoms with Crippen molar-refractivity contribution >= 4 is 0 Å². The first-order valence-corrected chi connectivity index (χ1v) is 5.59. The predicted molar refractivity (Wildman–Crippen MR) is 65.3 cm³/mol. The lowest BCUT2D eigenvalue weighted by Gasteiger charge is -2.13. The summed E-state index contributed by atoms with van der Waals surface area (Å²) in [5, 5.41) is 0. The molecule has 17 heavy (non-hydrogen) atoms. The molecule has 0 spiro atoms. The van der Waals surface area contributed by atoms with Crippen LogP contribution in [0.15, 0.2) is 28.7 Å². The van der Waals surface area contributed by atoms with Crippen LogP contribution in [-0.4, -0.2) is 0 Å². The number of aryl methyl sites for hydroxylation is 2. The standard InChI is InChI=1S/C14H16FNO/c1-8-9(2)17-10(3)13(8)14(16)11-6-4-5-7-12(11)15/h4-7,14H,16H2,1-3H3. The van der Waals surface area contributed by atoms with Crippen molar-refractivity contribution in [3.05, 3.63) is 58.3 Å². The SMILES string of the molecule is Cc1oc(C)c(C(N)c2ccccc2F)c1C. The molecule has 2 aromatic rings. The summed E-state index contributed by atoms with van der Waals surface area (Å²) in [5.74, 6) is 1.32. The van der Waals surface area contributed by atoms with Crippen molar-refractivity contribution in [2.75, 3.05) is 0 Å². The lowest BCUT2D eigenvalue weighted by Crippen LogP contribution is -2.15. The summed E-state index contributed by atoms with van der Waals surface area (Å²) < 4.78 is 19.2. The Morgan fingerprint density at radius 3 is 2.29 bits per heavy atom. The van der Waals surface area contributed by atoms with Gasteiger partial charge in [0.05, 0.1) is 6.04 Å². The molecule has 0 fully saturated rings. The quantitative estimate of drug-likeness (QED) is 0.863. The molecule has 1 atom stereocenters. The summed E-state index contributed by atoms with van der Waals surface area (Å²) in [6.07, 6.45) is 0. The van der Waals surface area contributed by atoms with Crippen molar-refractivity contribution in [3.8, 4) is 0 Å². The molecule has 0 aliphatic heterocycles. The number of hydrogen-bond acceptors (Lipinski definition) is 2. The number of halogens is 1. The Morgan fingerprint density at radius 2 is 1.76 bits per heavy atom.